The number of amides is 1. The molecular formula is C23H25N3O3. The molecule has 29 heavy (non-hydrogen) atoms. The molecule has 0 unspecified atom stereocenters. The zero-order chi connectivity index (χ0) is 20.5. The quantitative estimate of drug-likeness (QED) is 0.550. The second kappa shape index (κ2) is 10.2. The van der Waals surface area contributed by atoms with Gasteiger partial charge in [-0.3, -0.25) is 4.79 Å². The van der Waals surface area contributed by atoms with Crippen LogP contribution in [0.1, 0.15) is 16.8 Å². The highest BCUT2D eigenvalue weighted by Crippen LogP contribution is 2.16. The molecule has 0 saturated carbocycles. The van der Waals surface area contributed by atoms with E-state index in [1.165, 1.54) is 7.11 Å². The molecule has 0 radical (unpaired) electrons. The number of nitrogens with one attached hydrogen (secondary N) is 2. The first-order valence-corrected chi connectivity index (χ1v) is 9.59. The Hall–Kier alpha value is -3.41. The molecule has 6 heteroatoms. The van der Waals surface area contributed by atoms with Gasteiger partial charge in [-0.25, -0.2) is 9.78 Å². The van der Waals surface area contributed by atoms with E-state index in [0.29, 0.717) is 18.5 Å². The minimum atomic E-state index is -0.787. The zero-order valence-corrected chi connectivity index (χ0v) is 16.4. The number of rotatable bonds is 9. The molecular weight excluding hydrogens is 366 g/mol. The van der Waals surface area contributed by atoms with Crippen LogP contribution in [-0.2, 0) is 33.6 Å². The van der Waals surface area contributed by atoms with Gasteiger partial charge in [-0.15, -0.1) is 0 Å². The standard InChI is InChI=1S/C23H25N3O3/c1-29-23(28)21(14-20-15-24-16-25-20)26-22(27)19(12-17-8-4-2-5-9-17)13-18-10-6-3-7-11-18/h2-11,15-16,19,21H,12-14H2,1H3,(H,24,25)(H,26,27)/t21-/m0/s1. The van der Waals surface area contributed by atoms with Crippen LogP contribution in [0, 0.1) is 5.92 Å². The van der Waals surface area contributed by atoms with E-state index in [-0.39, 0.29) is 18.2 Å². The van der Waals surface area contributed by atoms with E-state index in [2.05, 4.69) is 15.3 Å². The fraction of sp³-hybridized carbons (Fsp3) is 0.261. The molecule has 3 rings (SSSR count). The number of aromatic amines is 1. The third-order valence-electron chi connectivity index (χ3n) is 4.79. The minimum absolute atomic E-state index is 0.177. The number of imidazole rings is 1. The topological polar surface area (TPSA) is 84.1 Å². The maximum absolute atomic E-state index is 13.2. The number of nitrogens with zero attached hydrogens (tertiary/aromatic N) is 1. The Kier molecular flexibility index (Phi) is 7.16. The lowest BCUT2D eigenvalue weighted by molar-refractivity contribution is -0.145. The van der Waals surface area contributed by atoms with Crippen molar-refractivity contribution in [1.82, 2.24) is 15.3 Å². The Balaban J connectivity index is 1.76. The van der Waals surface area contributed by atoms with Gasteiger partial charge in [0, 0.05) is 18.5 Å². The molecule has 0 saturated heterocycles. The van der Waals surface area contributed by atoms with Crippen molar-refractivity contribution in [2.24, 2.45) is 5.92 Å². The Morgan fingerprint density at radius 2 is 1.55 bits per heavy atom. The van der Waals surface area contributed by atoms with Crippen LogP contribution < -0.4 is 5.32 Å². The highest BCUT2D eigenvalue weighted by Gasteiger charge is 2.27. The van der Waals surface area contributed by atoms with Gasteiger partial charge in [0.05, 0.1) is 19.1 Å². The van der Waals surface area contributed by atoms with Gasteiger partial charge in [0.15, 0.2) is 0 Å². The van der Waals surface area contributed by atoms with E-state index in [4.69, 9.17) is 4.74 Å². The minimum Gasteiger partial charge on any atom is -0.467 e. The number of carbonyl (C=O) groups excluding carboxylic acids is 2. The third kappa shape index (κ3) is 6.04. The summed E-state index contributed by atoms with van der Waals surface area (Å²) in [7, 11) is 1.32. The molecule has 0 aliphatic carbocycles. The van der Waals surface area contributed by atoms with Crippen molar-refractivity contribution in [1.29, 1.82) is 0 Å². The van der Waals surface area contributed by atoms with E-state index < -0.39 is 12.0 Å². The molecule has 1 heterocycles. The maximum Gasteiger partial charge on any atom is 0.328 e. The van der Waals surface area contributed by atoms with Crippen molar-refractivity contribution >= 4 is 11.9 Å². The van der Waals surface area contributed by atoms with Gasteiger partial charge in [-0.2, -0.15) is 0 Å². The maximum atomic E-state index is 13.2. The SMILES string of the molecule is COC(=O)[C@H](Cc1c[nH]cn1)NC(=O)C(Cc1ccccc1)Cc1ccccc1. The molecule has 0 spiro atoms. The lowest BCUT2D eigenvalue weighted by atomic mass is 9.91. The molecule has 150 valence electrons. The lowest BCUT2D eigenvalue weighted by Gasteiger charge is -2.21. The number of H-pyrrole nitrogens is 1. The van der Waals surface area contributed by atoms with E-state index in [9.17, 15) is 9.59 Å². The molecule has 0 bridgehead atoms. The van der Waals surface area contributed by atoms with Gasteiger partial charge in [0.25, 0.3) is 0 Å². The largest absolute Gasteiger partial charge is 0.467 e. The lowest BCUT2D eigenvalue weighted by Crippen LogP contribution is -2.46. The van der Waals surface area contributed by atoms with Crippen molar-refractivity contribution in [2.75, 3.05) is 7.11 Å². The molecule has 1 aromatic heterocycles. The number of aromatic nitrogens is 2. The van der Waals surface area contributed by atoms with Crippen LogP contribution in [0.25, 0.3) is 0 Å². The number of carbonyl (C=O) groups is 2. The fourth-order valence-corrected chi connectivity index (χ4v) is 3.29. The van der Waals surface area contributed by atoms with Gasteiger partial charge in [-0.05, 0) is 24.0 Å². The Morgan fingerprint density at radius 3 is 2.03 bits per heavy atom. The summed E-state index contributed by atoms with van der Waals surface area (Å²) in [6.07, 6.45) is 4.67. The average molecular weight is 391 g/mol. The second-order valence-corrected chi connectivity index (χ2v) is 6.93. The fourth-order valence-electron chi connectivity index (χ4n) is 3.29. The van der Waals surface area contributed by atoms with E-state index in [1.807, 2.05) is 60.7 Å². The normalized spacial score (nSPS) is 11.8. The Bertz CT molecular complexity index is 854. The predicted molar refractivity (Wildman–Crippen MR) is 110 cm³/mol. The Labute approximate surface area is 170 Å². The van der Waals surface area contributed by atoms with E-state index >= 15 is 0 Å². The van der Waals surface area contributed by atoms with Crippen LogP contribution in [-0.4, -0.2) is 35.0 Å². The number of hydrogen-bond donors (Lipinski definition) is 2. The van der Waals surface area contributed by atoms with Crippen molar-refractivity contribution in [3.05, 3.63) is 90.0 Å². The molecule has 2 N–H and O–H groups in total. The van der Waals surface area contributed by atoms with Crippen LogP contribution in [0.5, 0.6) is 0 Å². The van der Waals surface area contributed by atoms with Crippen molar-refractivity contribution in [2.45, 2.75) is 25.3 Å². The highest BCUT2D eigenvalue weighted by molar-refractivity contribution is 5.86. The summed E-state index contributed by atoms with van der Waals surface area (Å²) in [5.74, 6) is -0.977. The summed E-state index contributed by atoms with van der Waals surface area (Å²) in [5.41, 5.74) is 2.83. The number of methoxy groups -OCH3 is 1. The van der Waals surface area contributed by atoms with Crippen molar-refractivity contribution < 1.29 is 14.3 Å². The van der Waals surface area contributed by atoms with Crippen LogP contribution in [0.3, 0.4) is 0 Å². The third-order valence-corrected chi connectivity index (χ3v) is 4.79. The van der Waals surface area contributed by atoms with E-state index in [1.54, 1.807) is 12.5 Å². The molecule has 0 fully saturated rings. The van der Waals surface area contributed by atoms with E-state index in [0.717, 1.165) is 11.1 Å². The van der Waals surface area contributed by atoms with Crippen molar-refractivity contribution in [3.63, 3.8) is 0 Å². The molecule has 1 atom stereocenters. The first kappa shape index (κ1) is 20.3. The summed E-state index contributed by atoms with van der Waals surface area (Å²) in [5, 5.41) is 2.88. The highest BCUT2D eigenvalue weighted by atomic mass is 16.5. The summed E-state index contributed by atoms with van der Waals surface area (Å²) < 4.78 is 4.89. The smallest absolute Gasteiger partial charge is 0.328 e. The van der Waals surface area contributed by atoms with Gasteiger partial charge in [0.2, 0.25) is 5.91 Å². The summed E-state index contributed by atoms with van der Waals surface area (Å²) in [6.45, 7) is 0. The summed E-state index contributed by atoms with van der Waals surface area (Å²) in [6, 6.07) is 19.0. The van der Waals surface area contributed by atoms with Gasteiger partial charge in [-0.1, -0.05) is 60.7 Å². The first-order chi connectivity index (χ1) is 14.2. The second-order valence-electron chi connectivity index (χ2n) is 6.93. The zero-order valence-electron chi connectivity index (χ0n) is 16.4. The molecule has 3 aromatic rings. The molecule has 2 aromatic carbocycles. The van der Waals surface area contributed by atoms with Crippen LogP contribution in [0.4, 0.5) is 0 Å². The van der Waals surface area contributed by atoms with Gasteiger partial charge >= 0.3 is 5.97 Å². The van der Waals surface area contributed by atoms with Gasteiger partial charge < -0.3 is 15.0 Å². The predicted octanol–water partition coefficient (Wildman–Crippen LogP) is 2.71. The number of ether oxygens (including phenoxy) is 1. The van der Waals surface area contributed by atoms with Crippen molar-refractivity contribution in [3.8, 4) is 0 Å². The Morgan fingerprint density at radius 1 is 0.966 bits per heavy atom. The molecule has 0 aliphatic heterocycles. The van der Waals surface area contributed by atoms with Gasteiger partial charge in [0.1, 0.15) is 6.04 Å². The number of hydrogen-bond acceptors (Lipinski definition) is 4. The molecule has 0 aliphatic rings. The average Bonchev–Trinajstić information content (AvgIpc) is 3.27. The monoisotopic (exact) mass is 391 g/mol. The summed E-state index contributed by atoms with van der Waals surface area (Å²) in [4.78, 5) is 32.4. The van der Waals surface area contributed by atoms with Crippen LogP contribution in [0.2, 0.25) is 0 Å². The van der Waals surface area contributed by atoms with Crippen LogP contribution in [0.15, 0.2) is 73.2 Å². The first-order valence-electron chi connectivity index (χ1n) is 9.59. The number of esters is 1. The number of benzene rings is 2. The molecule has 6 nitrogen and oxygen atoms in total. The van der Waals surface area contributed by atoms with Crippen LogP contribution >= 0.6 is 0 Å². The summed E-state index contributed by atoms with van der Waals surface area (Å²) >= 11 is 0. The molecule has 1 amide bonds.